The first kappa shape index (κ1) is 16.1. The van der Waals surface area contributed by atoms with Gasteiger partial charge in [0.15, 0.2) is 0 Å². The number of rotatable bonds is 3. The third kappa shape index (κ3) is 3.87. The minimum Gasteiger partial charge on any atom is -0.481 e. The van der Waals surface area contributed by atoms with Gasteiger partial charge in [-0.05, 0) is 46.0 Å². The molecule has 0 aromatic rings. The van der Waals surface area contributed by atoms with Crippen LogP contribution in [-0.4, -0.2) is 54.0 Å². The lowest BCUT2D eigenvalue weighted by molar-refractivity contribution is -0.149. The highest BCUT2D eigenvalue weighted by Gasteiger charge is 2.48. The Morgan fingerprint density at radius 3 is 2.67 bits per heavy atom. The highest BCUT2D eigenvalue weighted by atomic mass is 16.6. The Balaban J connectivity index is 2.01. The number of hydrogen-bond acceptors (Lipinski definition) is 4. The van der Waals surface area contributed by atoms with Crippen LogP contribution in [0.25, 0.3) is 0 Å². The van der Waals surface area contributed by atoms with E-state index in [1.54, 1.807) is 20.8 Å². The zero-order chi connectivity index (χ0) is 15.7. The molecule has 2 saturated heterocycles. The average Bonchev–Trinajstić information content (AvgIpc) is 2.97. The first-order chi connectivity index (χ1) is 9.72. The number of carbonyl (C=O) groups excluding carboxylic acids is 1. The van der Waals surface area contributed by atoms with Gasteiger partial charge in [0.1, 0.15) is 5.60 Å². The molecule has 0 aromatic carbocycles. The van der Waals surface area contributed by atoms with Gasteiger partial charge in [-0.3, -0.25) is 4.79 Å². The summed E-state index contributed by atoms with van der Waals surface area (Å²) in [7, 11) is 0. The summed E-state index contributed by atoms with van der Waals surface area (Å²) in [6, 6.07) is 0. The van der Waals surface area contributed by atoms with Gasteiger partial charge in [-0.1, -0.05) is 0 Å². The van der Waals surface area contributed by atoms with Crippen molar-refractivity contribution in [1.29, 1.82) is 0 Å². The van der Waals surface area contributed by atoms with Crippen LogP contribution in [0.1, 0.15) is 40.0 Å². The normalized spacial score (nSPS) is 29.7. The van der Waals surface area contributed by atoms with Crippen molar-refractivity contribution < 1.29 is 24.2 Å². The van der Waals surface area contributed by atoms with E-state index >= 15 is 0 Å². The van der Waals surface area contributed by atoms with Crippen LogP contribution >= 0.6 is 0 Å². The van der Waals surface area contributed by atoms with Crippen LogP contribution in [0.15, 0.2) is 0 Å². The number of nitrogens with zero attached hydrogens (tertiary/aromatic N) is 1. The van der Waals surface area contributed by atoms with E-state index in [1.807, 2.05) is 0 Å². The fourth-order valence-electron chi connectivity index (χ4n) is 3.08. The summed E-state index contributed by atoms with van der Waals surface area (Å²) in [6.45, 7) is 7.42. The van der Waals surface area contributed by atoms with Crippen molar-refractivity contribution in [3.05, 3.63) is 0 Å². The second-order valence-corrected chi connectivity index (χ2v) is 7.17. The summed E-state index contributed by atoms with van der Waals surface area (Å²) in [5.74, 6) is -0.542. The molecule has 2 aliphatic heterocycles. The third-order valence-electron chi connectivity index (χ3n) is 4.16. The third-order valence-corrected chi connectivity index (χ3v) is 4.16. The maximum absolute atomic E-state index is 12.1. The lowest BCUT2D eigenvalue weighted by Crippen LogP contribution is -2.40. The standard InChI is InChI=1S/C15H25NO5/c1-14(2,3)21-13(19)16-6-5-15(10-16,12(17)18)8-11-4-7-20-9-11/h11H,4-10H2,1-3H3,(H,17,18). The SMILES string of the molecule is CC(C)(C)OC(=O)N1CCC(CC2CCOC2)(C(=O)O)C1. The number of ether oxygens (including phenoxy) is 2. The quantitative estimate of drug-likeness (QED) is 0.864. The molecule has 6 heteroatoms. The van der Waals surface area contributed by atoms with Crippen molar-refractivity contribution >= 4 is 12.1 Å². The predicted molar refractivity (Wildman–Crippen MR) is 76.0 cm³/mol. The Bertz CT molecular complexity index is 411. The van der Waals surface area contributed by atoms with Gasteiger partial charge in [0.05, 0.1) is 5.41 Å². The van der Waals surface area contributed by atoms with Crippen molar-refractivity contribution in [2.24, 2.45) is 11.3 Å². The molecule has 120 valence electrons. The van der Waals surface area contributed by atoms with Gasteiger partial charge in [-0.25, -0.2) is 4.79 Å². The molecule has 1 amide bonds. The summed E-state index contributed by atoms with van der Waals surface area (Å²) in [4.78, 5) is 25.4. The Kier molecular flexibility index (Phi) is 4.46. The zero-order valence-corrected chi connectivity index (χ0v) is 13.1. The highest BCUT2D eigenvalue weighted by Crippen LogP contribution is 2.39. The number of aliphatic carboxylic acids is 1. The van der Waals surface area contributed by atoms with Gasteiger partial charge >= 0.3 is 12.1 Å². The van der Waals surface area contributed by atoms with Crippen LogP contribution in [-0.2, 0) is 14.3 Å². The topological polar surface area (TPSA) is 76.1 Å². The van der Waals surface area contributed by atoms with E-state index in [0.29, 0.717) is 32.6 Å². The molecule has 2 aliphatic rings. The van der Waals surface area contributed by atoms with Gasteiger partial charge in [-0.15, -0.1) is 0 Å². The van der Waals surface area contributed by atoms with Crippen LogP contribution < -0.4 is 0 Å². The Morgan fingerprint density at radius 2 is 2.14 bits per heavy atom. The molecule has 2 fully saturated rings. The number of amides is 1. The van der Waals surface area contributed by atoms with Crippen molar-refractivity contribution in [3.63, 3.8) is 0 Å². The molecule has 2 rings (SSSR count). The number of likely N-dealkylation sites (tertiary alicyclic amines) is 1. The Morgan fingerprint density at radius 1 is 1.43 bits per heavy atom. The Hall–Kier alpha value is -1.30. The van der Waals surface area contributed by atoms with Crippen LogP contribution in [0.2, 0.25) is 0 Å². The summed E-state index contributed by atoms with van der Waals surface area (Å²) in [5.41, 5.74) is -1.42. The average molecular weight is 299 g/mol. The smallest absolute Gasteiger partial charge is 0.410 e. The van der Waals surface area contributed by atoms with Crippen molar-refractivity contribution in [1.82, 2.24) is 4.90 Å². The second kappa shape index (κ2) is 5.83. The van der Waals surface area contributed by atoms with E-state index in [9.17, 15) is 14.7 Å². The van der Waals surface area contributed by atoms with Crippen LogP contribution in [0, 0.1) is 11.3 Å². The first-order valence-corrected chi connectivity index (χ1v) is 7.51. The fourth-order valence-corrected chi connectivity index (χ4v) is 3.08. The number of carbonyl (C=O) groups is 2. The maximum atomic E-state index is 12.1. The second-order valence-electron chi connectivity index (χ2n) is 7.17. The minimum atomic E-state index is -0.852. The summed E-state index contributed by atoms with van der Waals surface area (Å²) >= 11 is 0. The van der Waals surface area contributed by atoms with Crippen molar-refractivity contribution in [2.75, 3.05) is 26.3 Å². The van der Waals surface area contributed by atoms with Gasteiger partial charge in [0.2, 0.25) is 0 Å². The molecule has 2 heterocycles. The van der Waals surface area contributed by atoms with E-state index in [4.69, 9.17) is 9.47 Å². The van der Waals surface area contributed by atoms with E-state index in [2.05, 4.69) is 0 Å². The van der Waals surface area contributed by atoms with Gasteiger partial charge in [0.25, 0.3) is 0 Å². The molecule has 0 saturated carbocycles. The monoisotopic (exact) mass is 299 g/mol. The fraction of sp³-hybridized carbons (Fsp3) is 0.867. The van der Waals surface area contributed by atoms with E-state index in [1.165, 1.54) is 4.90 Å². The van der Waals surface area contributed by atoms with Gasteiger partial charge in [0, 0.05) is 26.3 Å². The lowest BCUT2D eigenvalue weighted by atomic mass is 9.78. The molecule has 6 nitrogen and oxygen atoms in total. The summed E-state index contributed by atoms with van der Waals surface area (Å²) in [6.07, 6.45) is 1.54. The molecule has 0 spiro atoms. The van der Waals surface area contributed by atoms with Crippen LogP contribution in [0.3, 0.4) is 0 Å². The molecule has 2 atom stereocenters. The van der Waals surface area contributed by atoms with Crippen molar-refractivity contribution in [3.8, 4) is 0 Å². The van der Waals surface area contributed by atoms with E-state index in [-0.39, 0.29) is 12.5 Å². The van der Waals surface area contributed by atoms with Crippen LogP contribution in [0.4, 0.5) is 4.79 Å². The summed E-state index contributed by atoms with van der Waals surface area (Å²) in [5, 5.41) is 9.64. The molecule has 1 N–H and O–H groups in total. The predicted octanol–water partition coefficient (Wildman–Crippen LogP) is 2.12. The number of carboxylic acid groups (broad SMARTS) is 1. The minimum absolute atomic E-state index is 0.230. The molecule has 0 aromatic heterocycles. The molecular formula is C15H25NO5. The molecule has 0 bridgehead atoms. The molecule has 0 aliphatic carbocycles. The zero-order valence-electron chi connectivity index (χ0n) is 13.1. The Labute approximate surface area is 125 Å². The van der Waals surface area contributed by atoms with E-state index < -0.39 is 23.1 Å². The van der Waals surface area contributed by atoms with Gasteiger partial charge < -0.3 is 19.5 Å². The largest absolute Gasteiger partial charge is 0.481 e. The molecule has 2 unspecified atom stereocenters. The number of hydrogen-bond donors (Lipinski definition) is 1. The van der Waals surface area contributed by atoms with Crippen LogP contribution in [0.5, 0.6) is 0 Å². The van der Waals surface area contributed by atoms with Crippen molar-refractivity contribution in [2.45, 2.75) is 45.6 Å². The first-order valence-electron chi connectivity index (χ1n) is 7.51. The molecule has 0 radical (unpaired) electrons. The lowest BCUT2D eigenvalue weighted by Gasteiger charge is -2.28. The molecule has 21 heavy (non-hydrogen) atoms. The van der Waals surface area contributed by atoms with Gasteiger partial charge in [-0.2, -0.15) is 0 Å². The van der Waals surface area contributed by atoms with E-state index in [0.717, 1.165) is 6.42 Å². The maximum Gasteiger partial charge on any atom is 0.410 e. The highest BCUT2D eigenvalue weighted by molar-refractivity contribution is 5.78. The molecular weight excluding hydrogens is 274 g/mol. The number of carboxylic acids is 1. The summed E-state index contributed by atoms with van der Waals surface area (Å²) < 4.78 is 10.7.